The number of nitrogens with zero attached hydrogens (tertiary/aromatic N) is 2. The Morgan fingerprint density at radius 2 is 2.29 bits per heavy atom. The maximum Gasteiger partial charge on any atom is 0.229 e. The SMILES string of the molecule is Cc1ccc(C2CCN(C)C2=O)cn1. The van der Waals surface area contributed by atoms with Crippen molar-refractivity contribution in [2.24, 2.45) is 0 Å². The van der Waals surface area contributed by atoms with E-state index in [2.05, 4.69) is 4.98 Å². The van der Waals surface area contributed by atoms with E-state index in [1.807, 2.05) is 32.3 Å². The third-order valence-electron chi connectivity index (χ3n) is 2.76. The van der Waals surface area contributed by atoms with E-state index in [1.54, 1.807) is 4.90 Å². The van der Waals surface area contributed by atoms with Gasteiger partial charge in [-0.1, -0.05) is 6.07 Å². The van der Waals surface area contributed by atoms with Crippen LogP contribution >= 0.6 is 0 Å². The lowest BCUT2D eigenvalue weighted by Crippen LogP contribution is -2.21. The Bertz CT molecular complexity index is 345. The van der Waals surface area contributed by atoms with E-state index in [-0.39, 0.29) is 11.8 Å². The molecule has 1 saturated heterocycles. The highest BCUT2D eigenvalue weighted by Crippen LogP contribution is 2.26. The standard InChI is InChI=1S/C11H14N2O/c1-8-3-4-9(7-12-8)10-5-6-13(2)11(10)14/h3-4,7,10H,5-6H2,1-2H3. The summed E-state index contributed by atoms with van der Waals surface area (Å²) < 4.78 is 0. The van der Waals surface area contributed by atoms with Crippen LogP contribution in [0.1, 0.15) is 23.6 Å². The zero-order valence-corrected chi connectivity index (χ0v) is 8.53. The molecule has 1 aliphatic rings. The number of likely N-dealkylation sites (N-methyl/N-ethyl adjacent to an activating group) is 1. The van der Waals surface area contributed by atoms with Gasteiger partial charge in [-0.05, 0) is 25.0 Å². The summed E-state index contributed by atoms with van der Waals surface area (Å²) in [6.07, 6.45) is 2.73. The van der Waals surface area contributed by atoms with Crippen LogP contribution in [0, 0.1) is 6.92 Å². The quantitative estimate of drug-likeness (QED) is 0.669. The third kappa shape index (κ3) is 1.50. The van der Waals surface area contributed by atoms with Gasteiger partial charge in [0.25, 0.3) is 0 Å². The molecular weight excluding hydrogens is 176 g/mol. The Labute approximate surface area is 83.8 Å². The van der Waals surface area contributed by atoms with Crippen LogP contribution < -0.4 is 0 Å². The van der Waals surface area contributed by atoms with Crippen molar-refractivity contribution in [3.63, 3.8) is 0 Å². The van der Waals surface area contributed by atoms with Gasteiger partial charge in [0.2, 0.25) is 5.91 Å². The molecule has 1 unspecified atom stereocenters. The maximum absolute atomic E-state index is 11.7. The number of aryl methyl sites for hydroxylation is 1. The molecule has 74 valence electrons. The van der Waals surface area contributed by atoms with Crippen molar-refractivity contribution in [3.05, 3.63) is 29.6 Å². The van der Waals surface area contributed by atoms with Crippen molar-refractivity contribution in [3.8, 4) is 0 Å². The van der Waals surface area contributed by atoms with E-state index in [9.17, 15) is 4.79 Å². The van der Waals surface area contributed by atoms with Crippen molar-refractivity contribution in [1.29, 1.82) is 0 Å². The van der Waals surface area contributed by atoms with Crippen LogP contribution in [0.2, 0.25) is 0 Å². The first kappa shape index (κ1) is 9.19. The van der Waals surface area contributed by atoms with Crippen LogP contribution in [-0.4, -0.2) is 29.4 Å². The fourth-order valence-corrected chi connectivity index (χ4v) is 1.82. The van der Waals surface area contributed by atoms with E-state index in [1.165, 1.54) is 0 Å². The summed E-state index contributed by atoms with van der Waals surface area (Å²) in [5.74, 6) is 0.253. The van der Waals surface area contributed by atoms with Crippen molar-refractivity contribution in [1.82, 2.24) is 9.88 Å². The number of likely N-dealkylation sites (tertiary alicyclic amines) is 1. The van der Waals surface area contributed by atoms with Gasteiger partial charge in [0.05, 0.1) is 5.92 Å². The number of amides is 1. The van der Waals surface area contributed by atoms with Gasteiger partial charge < -0.3 is 4.90 Å². The van der Waals surface area contributed by atoms with Gasteiger partial charge in [0, 0.05) is 25.5 Å². The molecule has 3 heteroatoms. The van der Waals surface area contributed by atoms with E-state index in [4.69, 9.17) is 0 Å². The van der Waals surface area contributed by atoms with Crippen LogP contribution in [0.3, 0.4) is 0 Å². The van der Waals surface area contributed by atoms with Gasteiger partial charge in [-0.3, -0.25) is 9.78 Å². The molecule has 2 heterocycles. The van der Waals surface area contributed by atoms with Gasteiger partial charge in [-0.25, -0.2) is 0 Å². The van der Waals surface area contributed by atoms with Crippen LogP contribution in [-0.2, 0) is 4.79 Å². The predicted molar refractivity (Wildman–Crippen MR) is 54.0 cm³/mol. The molecule has 0 radical (unpaired) electrons. The molecule has 1 atom stereocenters. The molecule has 2 rings (SSSR count). The number of aromatic nitrogens is 1. The fourth-order valence-electron chi connectivity index (χ4n) is 1.82. The van der Waals surface area contributed by atoms with Gasteiger partial charge in [-0.2, -0.15) is 0 Å². The normalized spacial score (nSPS) is 21.7. The first-order valence-corrected chi connectivity index (χ1v) is 4.86. The summed E-state index contributed by atoms with van der Waals surface area (Å²) in [6.45, 7) is 2.81. The molecule has 1 aromatic rings. The monoisotopic (exact) mass is 190 g/mol. The smallest absolute Gasteiger partial charge is 0.229 e. The van der Waals surface area contributed by atoms with Gasteiger partial charge >= 0.3 is 0 Å². The molecular formula is C11H14N2O. The van der Waals surface area contributed by atoms with E-state index >= 15 is 0 Å². The minimum atomic E-state index is 0.0353. The Balaban J connectivity index is 2.24. The van der Waals surface area contributed by atoms with Crippen molar-refractivity contribution in [2.75, 3.05) is 13.6 Å². The topological polar surface area (TPSA) is 33.2 Å². The molecule has 0 bridgehead atoms. The maximum atomic E-state index is 11.7. The van der Waals surface area contributed by atoms with Gasteiger partial charge in [0.15, 0.2) is 0 Å². The lowest BCUT2D eigenvalue weighted by molar-refractivity contribution is -0.127. The van der Waals surface area contributed by atoms with Crippen molar-refractivity contribution >= 4 is 5.91 Å². The number of carbonyl (C=O) groups is 1. The summed E-state index contributed by atoms with van der Waals surface area (Å²) in [6, 6.07) is 3.96. The second kappa shape index (κ2) is 3.40. The second-order valence-corrected chi connectivity index (χ2v) is 3.83. The summed E-state index contributed by atoms with van der Waals surface area (Å²) in [5.41, 5.74) is 2.04. The predicted octanol–water partition coefficient (Wildman–Crippen LogP) is 1.34. The zero-order valence-electron chi connectivity index (χ0n) is 8.53. The molecule has 0 aromatic carbocycles. The third-order valence-corrected chi connectivity index (χ3v) is 2.76. The van der Waals surface area contributed by atoms with Crippen LogP contribution in [0.4, 0.5) is 0 Å². The molecule has 3 nitrogen and oxygen atoms in total. The number of hydrogen-bond acceptors (Lipinski definition) is 2. The number of rotatable bonds is 1. The highest BCUT2D eigenvalue weighted by atomic mass is 16.2. The highest BCUT2D eigenvalue weighted by Gasteiger charge is 2.30. The molecule has 0 N–H and O–H groups in total. The molecule has 0 aliphatic carbocycles. The minimum Gasteiger partial charge on any atom is -0.345 e. The number of pyridine rings is 1. The summed E-state index contributed by atoms with van der Waals surface area (Å²) in [4.78, 5) is 17.7. The van der Waals surface area contributed by atoms with Crippen LogP contribution in [0.15, 0.2) is 18.3 Å². The van der Waals surface area contributed by atoms with Gasteiger partial charge in [-0.15, -0.1) is 0 Å². The van der Waals surface area contributed by atoms with Crippen molar-refractivity contribution < 1.29 is 4.79 Å². The van der Waals surface area contributed by atoms with Gasteiger partial charge in [0.1, 0.15) is 0 Å². The summed E-state index contributed by atoms with van der Waals surface area (Å²) in [5, 5.41) is 0. The second-order valence-electron chi connectivity index (χ2n) is 3.83. The average Bonchev–Trinajstić information content (AvgIpc) is 2.50. The Morgan fingerprint density at radius 3 is 2.79 bits per heavy atom. The molecule has 1 fully saturated rings. The van der Waals surface area contributed by atoms with E-state index in [0.717, 1.165) is 24.2 Å². The molecule has 1 amide bonds. The average molecular weight is 190 g/mol. The molecule has 1 aliphatic heterocycles. The Kier molecular flexibility index (Phi) is 2.23. The van der Waals surface area contributed by atoms with E-state index in [0.29, 0.717) is 0 Å². The molecule has 14 heavy (non-hydrogen) atoms. The first-order valence-electron chi connectivity index (χ1n) is 4.86. The molecule has 0 spiro atoms. The summed E-state index contributed by atoms with van der Waals surface area (Å²) >= 11 is 0. The zero-order chi connectivity index (χ0) is 10.1. The molecule has 0 saturated carbocycles. The number of carbonyl (C=O) groups excluding carboxylic acids is 1. The lowest BCUT2D eigenvalue weighted by atomic mass is 9.99. The first-order chi connectivity index (χ1) is 6.68. The molecule has 1 aromatic heterocycles. The van der Waals surface area contributed by atoms with E-state index < -0.39 is 0 Å². The largest absolute Gasteiger partial charge is 0.345 e. The summed E-state index contributed by atoms with van der Waals surface area (Å²) in [7, 11) is 1.85. The Hall–Kier alpha value is -1.38. The highest BCUT2D eigenvalue weighted by molar-refractivity contribution is 5.85. The van der Waals surface area contributed by atoms with Crippen LogP contribution in [0.5, 0.6) is 0 Å². The number of hydrogen-bond donors (Lipinski definition) is 0. The van der Waals surface area contributed by atoms with Crippen molar-refractivity contribution in [2.45, 2.75) is 19.3 Å². The van der Waals surface area contributed by atoms with Crippen LogP contribution in [0.25, 0.3) is 0 Å². The lowest BCUT2D eigenvalue weighted by Gasteiger charge is -2.10. The fraction of sp³-hybridized carbons (Fsp3) is 0.455. The Morgan fingerprint density at radius 1 is 1.50 bits per heavy atom. The minimum absolute atomic E-state index is 0.0353.